The van der Waals surface area contributed by atoms with Crippen LogP contribution < -0.4 is 15.5 Å². The second-order valence-corrected chi connectivity index (χ2v) is 8.55. The van der Waals surface area contributed by atoms with Gasteiger partial charge in [-0.25, -0.2) is 9.18 Å². The molecule has 2 N–H and O–H groups in total. The monoisotopic (exact) mass is 408 g/mol. The van der Waals surface area contributed by atoms with Gasteiger partial charge >= 0.3 is 6.03 Å². The molecule has 2 atom stereocenters. The van der Waals surface area contributed by atoms with Gasteiger partial charge in [0.1, 0.15) is 5.82 Å². The minimum atomic E-state index is -0.349. The van der Waals surface area contributed by atoms with E-state index in [1.807, 2.05) is 18.7 Å². The average molecular weight is 409 g/mol. The Morgan fingerprint density at radius 1 is 1.21 bits per heavy atom. The highest BCUT2D eigenvalue weighted by molar-refractivity contribution is 5.89. The maximum atomic E-state index is 14.7. The Bertz CT molecular complexity index is 699. The first-order valence-corrected chi connectivity index (χ1v) is 10.3. The fourth-order valence-electron chi connectivity index (χ4n) is 3.97. The van der Waals surface area contributed by atoms with E-state index in [1.165, 1.54) is 6.07 Å². The number of hydrogen-bond donors (Lipinski definition) is 2. The van der Waals surface area contributed by atoms with Gasteiger partial charge in [0.25, 0.3) is 0 Å². The van der Waals surface area contributed by atoms with Crippen molar-refractivity contribution in [1.29, 1.82) is 0 Å². The van der Waals surface area contributed by atoms with E-state index in [2.05, 4.69) is 29.4 Å². The van der Waals surface area contributed by atoms with E-state index >= 15 is 0 Å². The Morgan fingerprint density at radius 3 is 2.48 bits per heavy atom. The Balaban J connectivity index is 1.54. The number of ether oxygens (including phenoxy) is 2. The Morgan fingerprint density at radius 2 is 1.86 bits per heavy atom. The predicted molar refractivity (Wildman–Crippen MR) is 112 cm³/mol. The molecule has 7 nitrogen and oxygen atoms in total. The summed E-state index contributed by atoms with van der Waals surface area (Å²) in [5.74, 6) is -0.349. The van der Waals surface area contributed by atoms with Crippen LogP contribution in [0.5, 0.6) is 0 Å². The quantitative estimate of drug-likeness (QED) is 0.784. The lowest BCUT2D eigenvalue weighted by molar-refractivity contribution is -0.00863. The number of carbonyl (C=O) groups is 1. The SMILES string of the molecule is CC1CN(c2ccc(NC(=O)NCC(C)(C)N3CCOCC3)cc2F)CC(C)O1. The molecule has 0 aliphatic carbocycles. The number of morpholine rings is 2. The molecule has 2 fully saturated rings. The van der Waals surface area contributed by atoms with Crippen LogP contribution in [-0.4, -0.2) is 74.6 Å². The second kappa shape index (κ2) is 9.28. The number of rotatable bonds is 5. The van der Waals surface area contributed by atoms with Gasteiger partial charge in [-0.2, -0.15) is 0 Å². The first kappa shape index (κ1) is 21.8. The highest BCUT2D eigenvalue weighted by atomic mass is 19.1. The standard InChI is InChI=1S/C21H33FN4O3/c1-15-12-25(13-16(2)29-15)19-6-5-17(11-18(19)22)24-20(27)23-14-21(3,4)26-7-9-28-10-8-26/h5-6,11,15-16H,7-10,12-14H2,1-4H3,(H2,23,24,27). The summed E-state index contributed by atoms with van der Waals surface area (Å²) in [5.41, 5.74) is 0.786. The van der Waals surface area contributed by atoms with Crippen molar-refractivity contribution in [3.8, 4) is 0 Å². The van der Waals surface area contributed by atoms with Crippen LogP contribution in [0.1, 0.15) is 27.7 Å². The van der Waals surface area contributed by atoms with Crippen molar-refractivity contribution in [2.75, 3.05) is 56.2 Å². The van der Waals surface area contributed by atoms with E-state index in [1.54, 1.807) is 12.1 Å². The smallest absolute Gasteiger partial charge is 0.319 e. The molecule has 162 valence electrons. The molecular weight excluding hydrogens is 375 g/mol. The maximum Gasteiger partial charge on any atom is 0.319 e. The fraction of sp³-hybridized carbons (Fsp3) is 0.667. The third-order valence-corrected chi connectivity index (χ3v) is 5.51. The zero-order chi connectivity index (χ0) is 21.0. The molecule has 0 aromatic heterocycles. The largest absolute Gasteiger partial charge is 0.379 e. The number of amides is 2. The van der Waals surface area contributed by atoms with Gasteiger partial charge in [0, 0.05) is 44.0 Å². The lowest BCUT2D eigenvalue weighted by Gasteiger charge is -2.40. The van der Waals surface area contributed by atoms with Crippen LogP contribution in [0.4, 0.5) is 20.6 Å². The van der Waals surface area contributed by atoms with Crippen LogP contribution >= 0.6 is 0 Å². The zero-order valence-corrected chi connectivity index (χ0v) is 17.8. The number of anilines is 2. The van der Waals surface area contributed by atoms with Gasteiger partial charge in [-0.05, 0) is 45.9 Å². The summed E-state index contributed by atoms with van der Waals surface area (Å²) in [6.45, 7) is 13.1. The number of benzene rings is 1. The van der Waals surface area contributed by atoms with Gasteiger partial charge in [0.15, 0.2) is 0 Å². The molecule has 0 radical (unpaired) electrons. The maximum absolute atomic E-state index is 14.7. The Labute approximate surface area is 172 Å². The van der Waals surface area contributed by atoms with Crippen LogP contribution in [0.3, 0.4) is 0 Å². The van der Waals surface area contributed by atoms with E-state index in [0.717, 1.165) is 13.1 Å². The summed E-state index contributed by atoms with van der Waals surface area (Å²) < 4.78 is 25.8. The van der Waals surface area contributed by atoms with Crippen molar-refractivity contribution in [1.82, 2.24) is 10.2 Å². The van der Waals surface area contributed by atoms with Crippen LogP contribution in [-0.2, 0) is 9.47 Å². The molecule has 8 heteroatoms. The molecule has 2 saturated heterocycles. The summed E-state index contributed by atoms with van der Waals surface area (Å²) in [5, 5.41) is 5.63. The lowest BCUT2D eigenvalue weighted by atomic mass is 10.0. The van der Waals surface area contributed by atoms with Crippen molar-refractivity contribution < 1.29 is 18.7 Å². The molecule has 1 aromatic rings. The molecule has 0 bridgehead atoms. The van der Waals surface area contributed by atoms with Crippen LogP contribution in [0.2, 0.25) is 0 Å². The van der Waals surface area contributed by atoms with E-state index in [9.17, 15) is 9.18 Å². The fourth-order valence-corrected chi connectivity index (χ4v) is 3.97. The first-order chi connectivity index (χ1) is 13.7. The molecule has 2 amide bonds. The molecule has 0 spiro atoms. The second-order valence-electron chi connectivity index (χ2n) is 8.55. The summed E-state index contributed by atoms with van der Waals surface area (Å²) in [6, 6.07) is 4.47. The number of urea groups is 1. The molecule has 29 heavy (non-hydrogen) atoms. The van der Waals surface area contributed by atoms with E-state index in [-0.39, 0.29) is 29.6 Å². The Kier molecular flexibility index (Phi) is 6.97. The normalized spacial score (nSPS) is 23.7. The third-order valence-electron chi connectivity index (χ3n) is 5.51. The minimum absolute atomic E-state index is 0.0524. The van der Waals surface area contributed by atoms with Gasteiger partial charge in [0.2, 0.25) is 0 Å². The zero-order valence-electron chi connectivity index (χ0n) is 17.8. The van der Waals surface area contributed by atoms with Crippen molar-refractivity contribution >= 4 is 17.4 Å². The highest BCUT2D eigenvalue weighted by Crippen LogP contribution is 2.26. The minimum Gasteiger partial charge on any atom is -0.379 e. The summed E-state index contributed by atoms with van der Waals surface area (Å²) in [6.07, 6.45) is 0.105. The number of halogens is 1. The molecule has 1 aromatic carbocycles. The van der Waals surface area contributed by atoms with E-state index in [4.69, 9.17) is 9.47 Å². The molecule has 2 aliphatic rings. The number of nitrogens with zero attached hydrogens (tertiary/aromatic N) is 2. The van der Waals surface area contributed by atoms with Gasteiger partial charge < -0.3 is 25.0 Å². The predicted octanol–water partition coefficient (Wildman–Crippen LogP) is 2.67. The molecule has 2 unspecified atom stereocenters. The average Bonchev–Trinajstić information content (AvgIpc) is 2.66. The summed E-state index contributed by atoms with van der Waals surface area (Å²) in [7, 11) is 0. The number of carbonyl (C=O) groups excluding carboxylic acids is 1. The molecular formula is C21H33FN4O3. The molecule has 2 heterocycles. The third kappa shape index (κ3) is 5.81. The van der Waals surface area contributed by atoms with E-state index < -0.39 is 0 Å². The summed E-state index contributed by atoms with van der Waals surface area (Å²) in [4.78, 5) is 16.6. The topological polar surface area (TPSA) is 66.1 Å². The van der Waals surface area contributed by atoms with Crippen LogP contribution in [0.25, 0.3) is 0 Å². The van der Waals surface area contributed by atoms with Crippen molar-refractivity contribution in [2.45, 2.75) is 45.4 Å². The van der Waals surface area contributed by atoms with Crippen LogP contribution in [0, 0.1) is 5.82 Å². The van der Waals surface area contributed by atoms with Crippen molar-refractivity contribution in [3.05, 3.63) is 24.0 Å². The molecule has 3 rings (SSSR count). The van der Waals surface area contributed by atoms with Crippen LogP contribution in [0.15, 0.2) is 18.2 Å². The van der Waals surface area contributed by atoms with Gasteiger partial charge in [0.05, 0.1) is 31.1 Å². The Hall–Kier alpha value is -1.90. The first-order valence-electron chi connectivity index (χ1n) is 10.3. The van der Waals surface area contributed by atoms with Crippen molar-refractivity contribution in [2.24, 2.45) is 0 Å². The molecule has 0 saturated carbocycles. The van der Waals surface area contributed by atoms with Gasteiger partial charge in [-0.1, -0.05) is 0 Å². The molecule has 2 aliphatic heterocycles. The van der Waals surface area contributed by atoms with Gasteiger partial charge in [-0.15, -0.1) is 0 Å². The van der Waals surface area contributed by atoms with Crippen molar-refractivity contribution in [3.63, 3.8) is 0 Å². The number of hydrogen-bond acceptors (Lipinski definition) is 5. The van der Waals surface area contributed by atoms with E-state index in [0.29, 0.717) is 44.2 Å². The summed E-state index contributed by atoms with van der Waals surface area (Å²) >= 11 is 0. The number of nitrogens with one attached hydrogen (secondary N) is 2. The van der Waals surface area contributed by atoms with Gasteiger partial charge in [-0.3, -0.25) is 4.90 Å². The highest BCUT2D eigenvalue weighted by Gasteiger charge is 2.29. The lowest BCUT2D eigenvalue weighted by Crippen LogP contribution is -2.55.